The van der Waals surface area contributed by atoms with Crippen LogP contribution in [0, 0.1) is 0 Å². The molecule has 0 unspecified atom stereocenters. The van der Waals surface area contributed by atoms with E-state index >= 15 is 0 Å². The van der Waals surface area contributed by atoms with Crippen LogP contribution in [0.2, 0.25) is 0 Å². The number of aromatic nitrogens is 1. The maximum atomic E-state index is 11.3. The van der Waals surface area contributed by atoms with Crippen LogP contribution >= 0.6 is 24.8 Å². The summed E-state index contributed by atoms with van der Waals surface area (Å²) in [5, 5.41) is 0. The molecule has 0 amide bonds. The molecule has 0 aliphatic heterocycles. The normalized spacial score (nSPS) is 8.36. The molecule has 14 heavy (non-hydrogen) atoms. The Morgan fingerprint density at radius 2 is 2.14 bits per heavy atom. The van der Waals surface area contributed by atoms with Gasteiger partial charge in [0, 0.05) is 24.4 Å². The molecule has 0 aliphatic carbocycles. The lowest BCUT2D eigenvalue weighted by atomic mass is 10.1. The first-order chi connectivity index (χ1) is 5.84. The van der Waals surface area contributed by atoms with Crippen molar-refractivity contribution in [3.63, 3.8) is 0 Å². The van der Waals surface area contributed by atoms with Crippen molar-refractivity contribution in [3.05, 3.63) is 30.1 Å². The predicted octanol–water partition coefficient (Wildman–Crippen LogP) is 1.85. The van der Waals surface area contributed by atoms with Crippen molar-refractivity contribution in [1.29, 1.82) is 0 Å². The van der Waals surface area contributed by atoms with Crippen LogP contribution < -0.4 is 5.73 Å². The fraction of sp³-hybridized carbons (Fsp3) is 0.333. The molecule has 0 aromatic carbocycles. The largest absolute Gasteiger partial charge is 0.330 e. The molecule has 0 saturated carbocycles. The van der Waals surface area contributed by atoms with Gasteiger partial charge in [0.15, 0.2) is 5.78 Å². The van der Waals surface area contributed by atoms with Crippen LogP contribution in [0.5, 0.6) is 0 Å². The van der Waals surface area contributed by atoms with Crippen molar-refractivity contribution in [2.24, 2.45) is 5.73 Å². The number of rotatable bonds is 4. The van der Waals surface area contributed by atoms with E-state index in [1.165, 1.54) is 0 Å². The Hall–Kier alpha value is -0.640. The average molecular weight is 237 g/mol. The number of nitrogens with zero attached hydrogens (tertiary/aromatic N) is 1. The Morgan fingerprint density at radius 3 is 2.64 bits per heavy atom. The van der Waals surface area contributed by atoms with Crippen LogP contribution in [-0.4, -0.2) is 17.3 Å². The maximum Gasteiger partial charge on any atom is 0.164 e. The molecule has 0 bridgehead atoms. The molecule has 0 atom stereocenters. The molecule has 1 rings (SSSR count). The van der Waals surface area contributed by atoms with Crippen LogP contribution in [0.1, 0.15) is 23.2 Å². The lowest BCUT2D eigenvalue weighted by Crippen LogP contribution is -2.04. The summed E-state index contributed by atoms with van der Waals surface area (Å²) in [7, 11) is 0. The van der Waals surface area contributed by atoms with Crippen LogP contribution in [0.25, 0.3) is 0 Å². The Bertz CT molecular complexity index is 254. The van der Waals surface area contributed by atoms with Crippen LogP contribution in [0.4, 0.5) is 0 Å². The molecule has 2 N–H and O–H groups in total. The van der Waals surface area contributed by atoms with E-state index in [1.807, 2.05) is 0 Å². The third kappa shape index (κ3) is 5.17. The van der Waals surface area contributed by atoms with E-state index in [1.54, 1.807) is 24.5 Å². The van der Waals surface area contributed by atoms with Gasteiger partial charge in [0.2, 0.25) is 0 Å². The highest BCUT2D eigenvalue weighted by molar-refractivity contribution is 5.95. The van der Waals surface area contributed by atoms with E-state index in [4.69, 9.17) is 5.73 Å². The molecule has 0 fully saturated rings. The highest BCUT2D eigenvalue weighted by Gasteiger charge is 2.03. The van der Waals surface area contributed by atoms with Gasteiger partial charge in [-0.2, -0.15) is 0 Å². The second-order valence-corrected chi connectivity index (χ2v) is 2.56. The zero-order chi connectivity index (χ0) is 8.81. The Balaban J connectivity index is 0. The van der Waals surface area contributed by atoms with Crippen molar-refractivity contribution >= 4 is 30.6 Å². The number of carbonyl (C=O) groups is 1. The predicted molar refractivity (Wildman–Crippen MR) is 61.4 cm³/mol. The smallest absolute Gasteiger partial charge is 0.164 e. The number of Topliss-reactive ketones (excluding diaryl/α,β-unsaturated/α-hetero) is 1. The number of hydrogen-bond acceptors (Lipinski definition) is 3. The number of pyridine rings is 1. The average Bonchev–Trinajstić information content (AvgIpc) is 2.15. The monoisotopic (exact) mass is 236 g/mol. The molecule has 0 spiro atoms. The summed E-state index contributed by atoms with van der Waals surface area (Å²) in [4.78, 5) is 15.2. The Labute approximate surface area is 95.9 Å². The second-order valence-electron chi connectivity index (χ2n) is 2.56. The lowest BCUT2D eigenvalue weighted by molar-refractivity contribution is 0.0980. The second kappa shape index (κ2) is 8.94. The summed E-state index contributed by atoms with van der Waals surface area (Å²) in [6.07, 6.45) is 4.49. The first-order valence-corrected chi connectivity index (χ1v) is 3.98. The van der Waals surface area contributed by atoms with Crippen molar-refractivity contribution in [1.82, 2.24) is 4.98 Å². The van der Waals surface area contributed by atoms with Gasteiger partial charge in [-0.05, 0) is 25.1 Å². The number of nitrogens with two attached hydrogens (primary N) is 1. The van der Waals surface area contributed by atoms with Crippen molar-refractivity contribution in [3.8, 4) is 0 Å². The molecule has 1 heterocycles. The van der Waals surface area contributed by atoms with E-state index in [-0.39, 0.29) is 30.6 Å². The van der Waals surface area contributed by atoms with Gasteiger partial charge in [-0.1, -0.05) is 0 Å². The van der Waals surface area contributed by atoms with E-state index < -0.39 is 0 Å². The minimum atomic E-state index is 0. The summed E-state index contributed by atoms with van der Waals surface area (Å²) in [6, 6.07) is 3.53. The maximum absolute atomic E-state index is 11.3. The standard InChI is InChI=1S/C9H12N2O.2ClH/c10-5-1-4-9(12)8-3-2-6-11-7-8;;/h2-3,6-7H,1,4-5,10H2;2*1H. The molecule has 1 aromatic heterocycles. The molecule has 3 nitrogen and oxygen atoms in total. The van der Waals surface area contributed by atoms with Gasteiger partial charge < -0.3 is 5.73 Å². The van der Waals surface area contributed by atoms with Gasteiger partial charge in [0.05, 0.1) is 0 Å². The van der Waals surface area contributed by atoms with Gasteiger partial charge in [-0.25, -0.2) is 0 Å². The van der Waals surface area contributed by atoms with Crippen LogP contribution in [-0.2, 0) is 0 Å². The Kier molecular flexibility index (Phi) is 10.1. The van der Waals surface area contributed by atoms with E-state index in [0.29, 0.717) is 18.5 Å². The van der Waals surface area contributed by atoms with Gasteiger partial charge in [0.1, 0.15) is 0 Å². The number of hydrogen-bond donors (Lipinski definition) is 1. The summed E-state index contributed by atoms with van der Waals surface area (Å²) in [5.41, 5.74) is 5.96. The van der Waals surface area contributed by atoms with Gasteiger partial charge in [-0.3, -0.25) is 9.78 Å². The van der Waals surface area contributed by atoms with E-state index in [0.717, 1.165) is 6.42 Å². The highest BCUT2D eigenvalue weighted by atomic mass is 35.5. The number of ketones is 1. The van der Waals surface area contributed by atoms with Crippen molar-refractivity contribution in [2.45, 2.75) is 12.8 Å². The molecule has 0 aliphatic rings. The van der Waals surface area contributed by atoms with E-state index in [2.05, 4.69) is 4.98 Å². The van der Waals surface area contributed by atoms with Gasteiger partial charge in [-0.15, -0.1) is 24.8 Å². The minimum Gasteiger partial charge on any atom is -0.330 e. The quantitative estimate of drug-likeness (QED) is 0.813. The van der Waals surface area contributed by atoms with Gasteiger partial charge >= 0.3 is 0 Å². The first kappa shape index (κ1) is 15.8. The molecule has 0 radical (unpaired) electrons. The van der Waals surface area contributed by atoms with Crippen molar-refractivity contribution < 1.29 is 4.79 Å². The number of halogens is 2. The van der Waals surface area contributed by atoms with Crippen LogP contribution in [0.3, 0.4) is 0 Å². The molecule has 1 aromatic rings. The van der Waals surface area contributed by atoms with Crippen LogP contribution in [0.15, 0.2) is 24.5 Å². The molecule has 0 saturated heterocycles. The fourth-order valence-electron chi connectivity index (χ4n) is 0.935. The van der Waals surface area contributed by atoms with Gasteiger partial charge in [0.25, 0.3) is 0 Å². The summed E-state index contributed by atoms with van der Waals surface area (Å²) in [6.45, 7) is 0.562. The molecule has 5 heteroatoms. The molecular formula is C9H14Cl2N2O. The topological polar surface area (TPSA) is 56.0 Å². The van der Waals surface area contributed by atoms with E-state index in [9.17, 15) is 4.79 Å². The SMILES string of the molecule is Cl.Cl.NCCCC(=O)c1cccnc1. The first-order valence-electron chi connectivity index (χ1n) is 3.98. The van der Waals surface area contributed by atoms with Crippen molar-refractivity contribution in [2.75, 3.05) is 6.54 Å². The molecular weight excluding hydrogens is 223 g/mol. The lowest BCUT2D eigenvalue weighted by Gasteiger charge is -1.97. The number of carbonyl (C=O) groups excluding carboxylic acids is 1. The highest BCUT2D eigenvalue weighted by Crippen LogP contribution is 2.02. The zero-order valence-electron chi connectivity index (χ0n) is 7.68. The minimum absolute atomic E-state index is 0. The Morgan fingerprint density at radius 1 is 1.43 bits per heavy atom. The summed E-state index contributed by atoms with van der Waals surface area (Å²) < 4.78 is 0. The molecule has 80 valence electrons. The fourth-order valence-corrected chi connectivity index (χ4v) is 0.935. The third-order valence-corrected chi connectivity index (χ3v) is 1.59. The third-order valence-electron chi connectivity index (χ3n) is 1.59. The zero-order valence-corrected chi connectivity index (χ0v) is 9.31. The summed E-state index contributed by atoms with van der Waals surface area (Å²) >= 11 is 0. The summed E-state index contributed by atoms with van der Waals surface area (Å²) in [5.74, 6) is 0.119.